The van der Waals surface area contributed by atoms with Crippen LogP contribution in [0.15, 0.2) is 46.2 Å². The molecule has 2 aromatic heterocycles. The van der Waals surface area contributed by atoms with Gasteiger partial charge in [0, 0.05) is 5.56 Å². The van der Waals surface area contributed by atoms with Gasteiger partial charge in [0.2, 0.25) is 5.89 Å². The van der Waals surface area contributed by atoms with Crippen molar-refractivity contribution < 1.29 is 18.7 Å². The number of hydrogen-bond donors (Lipinski definition) is 4. The van der Waals surface area contributed by atoms with Crippen LogP contribution in [0.25, 0.3) is 22.0 Å². The molecular formula is C16H14FN4NaO3S. The van der Waals surface area contributed by atoms with Crippen LogP contribution >= 0.6 is 11.3 Å². The molecule has 0 amide bonds. The first-order valence-electron chi connectivity index (χ1n) is 7.09. The van der Waals surface area contributed by atoms with E-state index >= 15 is 0 Å². The Morgan fingerprint density at radius 3 is 2.58 bits per heavy atom. The third kappa shape index (κ3) is 4.31. The van der Waals surface area contributed by atoms with Crippen molar-refractivity contribution in [2.24, 2.45) is 5.73 Å². The molecule has 0 saturated heterocycles. The molecule has 3 rings (SSSR count). The molecule has 1 unspecified atom stereocenters. The van der Waals surface area contributed by atoms with Crippen molar-refractivity contribution in [3.8, 4) is 22.0 Å². The quantitative estimate of drug-likeness (QED) is 0.303. The van der Waals surface area contributed by atoms with Crippen LogP contribution in [0.3, 0.4) is 0 Å². The number of nitrogens with one attached hydrogen (secondary N) is 2. The van der Waals surface area contributed by atoms with Gasteiger partial charge in [-0.25, -0.2) is 14.2 Å². The predicted octanol–water partition coefficient (Wildman–Crippen LogP) is 2.17. The van der Waals surface area contributed by atoms with Crippen molar-refractivity contribution in [1.29, 1.82) is 5.41 Å². The summed E-state index contributed by atoms with van der Waals surface area (Å²) >= 11 is 1.36. The maximum atomic E-state index is 13.1. The predicted molar refractivity (Wildman–Crippen MR) is 97.8 cm³/mol. The number of carboxylic acids is 1. The fourth-order valence-corrected chi connectivity index (χ4v) is 2.95. The summed E-state index contributed by atoms with van der Waals surface area (Å²) < 4.78 is 18.8. The number of oxazole rings is 1. The first kappa shape index (κ1) is 20.1. The van der Waals surface area contributed by atoms with Crippen molar-refractivity contribution in [2.75, 3.05) is 0 Å². The second-order valence-corrected chi connectivity index (χ2v) is 5.99. The molecule has 130 valence electrons. The average Bonchev–Trinajstić information content (AvgIpc) is 3.22. The van der Waals surface area contributed by atoms with Crippen molar-refractivity contribution in [2.45, 2.75) is 6.04 Å². The van der Waals surface area contributed by atoms with Crippen molar-refractivity contribution in [3.05, 3.63) is 53.4 Å². The van der Waals surface area contributed by atoms with Crippen LogP contribution in [0.1, 0.15) is 11.8 Å². The Labute approximate surface area is 173 Å². The van der Waals surface area contributed by atoms with Gasteiger partial charge in [0.15, 0.2) is 17.8 Å². The van der Waals surface area contributed by atoms with E-state index in [4.69, 9.17) is 15.6 Å². The van der Waals surface area contributed by atoms with Crippen LogP contribution in [0.2, 0.25) is 0 Å². The molecule has 7 nitrogen and oxygen atoms in total. The molecule has 1 aromatic carbocycles. The third-order valence-electron chi connectivity index (χ3n) is 3.31. The summed E-state index contributed by atoms with van der Waals surface area (Å²) in [4.78, 5) is 16.7. The molecule has 10 heteroatoms. The number of aromatic nitrogens is 1. The minimum atomic E-state index is -1.38. The topological polar surface area (TPSA) is 125 Å². The monoisotopic (exact) mass is 384 g/mol. The summed E-state index contributed by atoms with van der Waals surface area (Å²) in [6, 6.07) is 7.67. The van der Waals surface area contributed by atoms with Crippen molar-refractivity contribution in [3.63, 3.8) is 0 Å². The summed E-state index contributed by atoms with van der Waals surface area (Å²) in [5.74, 6) is -2.02. The molecule has 0 spiro atoms. The van der Waals surface area contributed by atoms with E-state index in [1.165, 1.54) is 35.6 Å². The fourth-order valence-electron chi connectivity index (χ4n) is 2.23. The Balaban J connectivity index is 0.00000243. The number of thiophene rings is 1. The molecule has 26 heavy (non-hydrogen) atoms. The molecule has 0 saturated carbocycles. The van der Waals surface area contributed by atoms with Gasteiger partial charge >= 0.3 is 35.5 Å². The van der Waals surface area contributed by atoms with Crippen LogP contribution in [-0.2, 0) is 4.79 Å². The van der Waals surface area contributed by atoms with E-state index in [1.54, 1.807) is 12.1 Å². The van der Waals surface area contributed by atoms with Gasteiger partial charge in [0.1, 0.15) is 11.5 Å². The van der Waals surface area contributed by atoms with Gasteiger partial charge in [0.05, 0.1) is 4.88 Å². The van der Waals surface area contributed by atoms with Crippen LogP contribution in [0.4, 0.5) is 4.39 Å². The van der Waals surface area contributed by atoms with E-state index in [0.717, 1.165) is 0 Å². The summed E-state index contributed by atoms with van der Waals surface area (Å²) in [5, 5.41) is 20.9. The van der Waals surface area contributed by atoms with Gasteiger partial charge in [-0.15, -0.1) is 11.3 Å². The molecule has 3 aromatic rings. The third-order valence-corrected chi connectivity index (χ3v) is 4.18. The van der Waals surface area contributed by atoms with Gasteiger partial charge in [-0.3, -0.25) is 5.41 Å². The van der Waals surface area contributed by atoms with Gasteiger partial charge in [-0.2, -0.15) is 0 Å². The van der Waals surface area contributed by atoms with E-state index < -0.39 is 23.8 Å². The van der Waals surface area contributed by atoms with Gasteiger partial charge in [0.25, 0.3) is 0 Å². The van der Waals surface area contributed by atoms with Crippen LogP contribution < -0.4 is 11.1 Å². The van der Waals surface area contributed by atoms with Crippen LogP contribution in [0, 0.1) is 11.2 Å². The standard InChI is InChI=1S/C16H13FN4O3S.Na.H/c17-9-5-3-8(4-6-9)14-20-11(10-2-1-7-25-10)13(24-14)12(15(22)23)21-16(18)19;;/h1-7,12H,(H,22,23)(H4,18,19,21);;. The number of nitrogens with zero attached hydrogens (tertiary/aromatic N) is 1. The Morgan fingerprint density at radius 1 is 1.35 bits per heavy atom. The summed E-state index contributed by atoms with van der Waals surface area (Å²) in [5.41, 5.74) is 6.11. The second kappa shape index (κ2) is 8.45. The molecule has 1 atom stereocenters. The van der Waals surface area contributed by atoms with Crippen LogP contribution in [0.5, 0.6) is 0 Å². The van der Waals surface area contributed by atoms with Gasteiger partial charge < -0.3 is 20.6 Å². The van der Waals surface area contributed by atoms with Crippen molar-refractivity contribution >= 4 is 52.8 Å². The van der Waals surface area contributed by atoms with Crippen molar-refractivity contribution in [1.82, 2.24) is 10.3 Å². The van der Waals surface area contributed by atoms with E-state index in [1.807, 2.05) is 5.38 Å². The molecule has 0 aliphatic rings. The zero-order valence-corrected chi connectivity index (χ0v) is 13.5. The maximum absolute atomic E-state index is 13.1. The number of carbonyl (C=O) groups is 1. The number of benzene rings is 1. The molecule has 0 aliphatic heterocycles. The van der Waals surface area contributed by atoms with Crippen LogP contribution in [-0.4, -0.2) is 51.6 Å². The Kier molecular flexibility index (Phi) is 6.54. The summed E-state index contributed by atoms with van der Waals surface area (Å²) in [7, 11) is 0. The van der Waals surface area contributed by atoms with E-state index in [9.17, 15) is 14.3 Å². The Morgan fingerprint density at radius 2 is 2.04 bits per heavy atom. The summed E-state index contributed by atoms with van der Waals surface area (Å²) in [6.45, 7) is 0. The molecule has 2 heterocycles. The molecule has 0 bridgehead atoms. The number of halogens is 1. The minimum absolute atomic E-state index is 0. The zero-order valence-electron chi connectivity index (χ0n) is 12.7. The number of guanidine groups is 1. The number of nitrogens with two attached hydrogens (primary N) is 1. The van der Waals surface area contributed by atoms with Gasteiger partial charge in [-0.05, 0) is 35.7 Å². The second-order valence-electron chi connectivity index (χ2n) is 5.05. The molecular weight excluding hydrogens is 370 g/mol. The molecule has 0 aliphatic carbocycles. The summed E-state index contributed by atoms with van der Waals surface area (Å²) in [6.07, 6.45) is 0. The first-order chi connectivity index (χ1) is 12.0. The number of hydrogen-bond acceptors (Lipinski definition) is 5. The first-order valence-corrected chi connectivity index (χ1v) is 7.97. The SMILES string of the molecule is N=C(N)NC(C(=O)O)c1oc(-c2ccc(F)cc2)nc1-c1cccs1.[NaH]. The molecule has 0 fully saturated rings. The number of rotatable bonds is 5. The normalized spacial score (nSPS) is 11.4. The Bertz CT molecular complexity index is 912. The molecule has 5 N–H and O–H groups in total. The fraction of sp³-hybridized carbons (Fsp3) is 0.0625. The van der Waals surface area contributed by atoms with E-state index in [-0.39, 0.29) is 41.2 Å². The number of aliphatic carboxylic acids is 1. The Hall–Kier alpha value is -2.20. The van der Waals surface area contributed by atoms with E-state index in [2.05, 4.69) is 10.3 Å². The zero-order chi connectivity index (χ0) is 18.0. The average molecular weight is 384 g/mol. The van der Waals surface area contributed by atoms with Gasteiger partial charge in [-0.1, -0.05) is 6.07 Å². The number of carboxylic acid groups (broad SMARTS) is 1. The van der Waals surface area contributed by atoms with E-state index in [0.29, 0.717) is 16.1 Å². The molecule has 0 radical (unpaired) electrons.